The van der Waals surface area contributed by atoms with E-state index in [1.54, 1.807) is 12.1 Å². The maximum absolute atomic E-state index is 9.71. The van der Waals surface area contributed by atoms with Gasteiger partial charge in [-0.15, -0.1) is 0 Å². The van der Waals surface area contributed by atoms with Crippen molar-refractivity contribution in [1.82, 2.24) is 4.57 Å². The van der Waals surface area contributed by atoms with E-state index in [4.69, 9.17) is 5.26 Å². The van der Waals surface area contributed by atoms with Crippen LogP contribution in [0.15, 0.2) is 48.5 Å². The predicted octanol–water partition coefficient (Wildman–Crippen LogP) is 4.61. The molecule has 0 aliphatic rings. The maximum atomic E-state index is 9.71. The second kappa shape index (κ2) is 7.17. The molecule has 128 valence electrons. The third-order valence-electron chi connectivity index (χ3n) is 4.78. The van der Waals surface area contributed by atoms with E-state index in [0.29, 0.717) is 17.7 Å². The van der Waals surface area contributed by atoms with Crippen molar-refractivity contribution in [3.8, 4) is 23.3 Å². The van der Waals surface area contributed by atoms with Crippen molar-refractivity contribution in [3.63, 3.8) is 0 Å². The van der Waals surface area contributed by atoms with Gasteiger partial charge in [0, 0.05) is 36.2 Å². The second-order valence-corrected chi connectivity index (χ2v) is 6.25. The molecule has 0 saturated carbocycles. The second-order valence-electron chi connectivity index (χ2n) is 6.25. The molecule has 1 heterocycles. The first-order chi connectivity index (χ1) is 12.6. The molecule has 2 aromatic carbocycles. The molecule has 0 unspecified atom stereocenters. The molecule has 0 amide bonds. The zero-order chi connectivity index (χ0) is 18.7. The fourth-order valence-electron chi connectivity index (χ4n) is 3.28. The molecule has 0 spiro atoms. The van der Waals surface area contributed by atoms with Crippen molar-refractivity contribution in [2.75, 3.05) is 12.4 Å². The maximum Gasteiger partial charge on any atom is 0.102 e. The van der Waals surface area contributed by atoms with Gasteiger partial charge in [-0.25, -0.2) is 0 Å². The van der Waals surface area contributed by atoms with Crippen LogP contribution in [0.5, 0.6) is 0 Å². The van der Waals surface area contributed by atoms with E-state index in [9.17, 15) is 5.26 Å². The summed E-state index contributed by atoms with van der Waals surface area (Å²) in [5, 5.41) is 21.8. The largest absolute Gasteiger partial charge is 0.388 e. The van der Waals surface area contributed by atoms with Crippen molar-refractivity contribution in [2.24, 2.45) is 0 Å². The number of rotatable bonds is 4. The van der Waals surface area contributed by atoms with Crippen LogP contribution in [0.25, 0.3) is 11.1 Å². The molecule has 26 heavy (non-hydrogen) atoms. The minimum Gasteiger partial charge on any atom is -0.388 e. The normalized spacial score (nSPS) is 10.2. The minimum atomic E-state index is 0.616. The highest BCUT2D eigenvalue weighted by molar-refractivity contribution is 5.75. The number of benzene rings is 2. The van der Waals surface area contributed by atoms with Crippen molar-refractivity contribution in [2.45, 2.75) is 20.4 Å². The quantitative estimate of drug-likeness (QED) is 0.754. The van der Waals surface area contributed by atoms with Gasteiger partial charge in [-0.2, -0.15) is 10.5 Å². The number of aromatic nitrogens is 1. The number of anilines is 1. The van der Waals surface area contributed by atoms with Gasteiger partial charge < -0.3 is 9.88 Å². The van der Waals surface area contributed by atoms with Crippen LogP contribution in [0.1, 0.15) is 28.1 Å². The Morgan fingerprint density at radius 1 is 0.885 bits per heavy atom. The number of nitriles is 2. The molecule has 0 saturated heterocycles. The van der Waals surface area contributed by atoms with Crippen LogP contribution in [0.2, 0.25) is 0 Å². The molecule has 4 nitrogen and oxygen atoms in total. The lowest BCUT2D eigenvalue weighted by Gasteiger charge is -2.11. The first-order valence-corrected chi connectivity index (χ1v) is 8.46. The molecular weight excluding hydrogens is 320 g/mol. The van der Waals surface area contributed by atoms with Crippen molar-refractivity contribution in [1.29, 1.82) is 10.5 Å². The molecule has 4 heteroatoms. The van der Waals surface area contributed by atoms with Gasteiger partial charge in [-0.3, -0.25) is 0 Å². The summed E-state index contributed by atoms with van der Waals surface area (Å²) in [4.78, 5) is 0. The first kappa shape index (κ1) is 17.3. The molecule has 0 atom stereocenters. The molecule has 0 aliphatic heterocycles. The van der Waals surface area contributed by atoms with E-state index < -0.39 is 0 Å². The molecule has 3 rings (SSSR count). The smallest absolute Gasteiger partial charge is 0.102 e. The van der Waals surface area contributed by atoms with E-state index in [-0.39, 0.29) is 0 Å². The van der Waals surface area contributed by atoms with Gasteiger partial charge >= 0.3 is 0 Å². The van der Waals surface area contributed by atoms with Crippen LogP contribution in [0.4, 0.5) is 5.69 Å². The van der Waals surface area contributed by atoms with E-state index in [2.05, 4.69) is 46.3 Å². The minimum absolute atomic E-state index is 0.616. The van der Waals surface area contributed by atoms with Gasteiger partial charge in [0.2, 0.25) is 0 Å². The van der Waals surface area contributed by atoms with Crippen LogP contribution in [-0.4, -0.2) is 11.6 Å². The van der Waals surface area contributed by atoms with Crippen molar-refractivity contribution in [3.05, 3.63) is 76.6 Å². The van der Waals surface area contributed by atoms with E-state index in [1.165, 1.54) is 5.56 Å². The zero-order valence-electron chi connectivity index (χ0n) is 15.2. The number of hydrogen-bond donors (Lipinski definition) is 1. The third kappa shape index (κ3) is 3.06. The summed E-state index contributed by atoms with van der Waals surface area (Å²) in [6.45, 7) is 4.75. The Morgan fingerprint density at radius 3 is 2.08 bits per heavy atom. The molecule has 0 radical (unpaired) electrons. The van der Waals surface area contributed by atoms with Gasteiger partial charge in [0.1, 0.15) is 6.07 Å². The monoisotopic (exact) mass is 340 g/mol. The molecular formula is C22H20N4. The fraction of sp³-hybridized carbons (Fsp3) is 0.182. The summed E-state index contributed by atoms with van der Waals surface area (Å²) in [6, 6.07) is 20.2. The Bertz CT molecular complexity index is 1010. The highest BCUT2D eigenvalue weighted by Gasteiger charge is 2.19. The summed E-state index contributed by atoms with van der Waals surface area (Å²) in [5.74, 6) is 0. The molecule has 1 aromatic heterocycles. The van der Waals surface area contributed by atoms with E-state index in [1.807, 2.05) is 33.0 Å². The third-order valence-corrected chi connectivity index (χ3v) is 4.78. The molecule has 0 bridgehead atoms. The topological polar surface area (TPSA) is 64.5 Å². The Labute approximate surface area is 153 Å². The van der Waals surface area contributed by atoms with Crippen molar-refractivity contribution < 1.29 is 0 Å². The highest BCUT2D eigenvalue weighted by atomic mass is 15.0. The highest BCUT2D eigenvalue weighted by Crippen LogP contribution is 2.32. The summed E-state index contributed by atoms with van der Waals surface area (Å²) >= 11 is 0. The van der Waals surface area contributed by atoms with Crippen molar-refractivity contribution >= 4 is 5.69 Å². The van der Waals surface area contributed by atoms with Crippen LogP contribution >= 0.6 is 0 Å². The Balaban J connectivity index is 2.05. The van der Waals surface area contributed by atoms with Gasteiger partial charge in [0.25, 0.3) is 0 Å². The standard InChI is InChI=1S/C22H20N4/c1-15-21(13-24)22(19-8-4-17(12-23)5-9-19)16(2)26(15)14-18-6-10-20(25-3)11-7-18/h4-11,25H,14H2,1-3H3. The average molecular weight is 340 g/mol. The van der Waals surface area contributed by atoms with Gasteiger partial charge in [0.15, 0.2) is 0 Å². The zero-order valence-corrected chi connectivity index (χ0v) is 15.2. The van der Waals surface area contributed by atoms with Crippen LogP contribution in [0.3, 0.4) is 0 Å². The van der Waals surface area contributed by atoms with Crippen LogP contribution in [0, 0.1) is 36.5 Å². The molecule has 3 aromatic rings. The number of nitrogens with zero attached hydrogens (tertiary/aromatic N) is 3. The Kier molecular flexibility index (Phi) is 4.78. The lowest BCUT2D eigenvalue weighted by Crippen LogP contribution is -2.04. The van der Waals surface area contributed by atoms with Crippen LogP contribution < -0.4 is 5.32 Å². The van der Waals surface area contributed by atoms with Gasteiger partial charge in [0.05, 0.1) is 17.2 Å². The molecule has 0 aliphatic carbocycles. The van der Waals surface area contributed by atoms with Gasteiger partial charge in [-0.05, 0) is 49.2 Å². The SMILES string of the molecule is CNc1ccc(Cn2c(C)c(C#N)c(-c3ccc(C#N)cc3)c2C)cc1. The Morgan fingerprint density at radius 2 is 1.54 bits per heavy atom. The van der Waals surface area contributed by atoms with Crippen LogP contribution in [-0.2, 0) is 6.54 Å². The van der Waals surface area contributed by atoms with E-state index >= 15 is 0 Å². The van der Waals surface area contributed by atoms with Gasteiger partial charge in [-0.1, -0.05) is 24.3 Å². The summed E-state index contributed by atoms with van der Waals surface area (Å²) in [5.41, 5.74) is 7.49. The number of nitrogens with one attached hydrogen (secondary N) is 1. The average Bonchev–Trinajstić information content (AvgIpc) is 2.92. The summed E-state index contributed by atoms with van der Waals surface area (Å²) < 4.78 is 2.18. The first-order valence-electron chi connectivity index (χ1n) is 8.46. The molecule has 1 N–H and O–H groups in total. The summed E-state index contributed by atoms with van der Waals surface area (Å²) in [7, 11) is 1.90. The number of hydrogen-bond acceptors (Lipinski definition) is 3. The van der Waals surface area contributed by atoms with E-state index in [0.717, 1.165) is 28.2 Å². The Hall–Kier alpha value is -3.50. The lowest BCUT2D eigenvalue weighted by atomic mass is 10.0. The molecule has 0 fully saturated rings. The lowest BCUT2D eigenvalue weighted by molar-refractivity contribution is 0.749. The fourth-order valence-corrected chi connectivity index (χ4v) is 3.28. The summed E-state index contributed by atoms with van der Waals surface area (Å²) in [6.07, 6.45) is 0. The predicted molar refractivity (Wildman–Crippen MR) is 104 cm³/mol.